The Labute approximate surface area is 119 Å². The number of rotatable bonds is 2. The highest BCUT2D eigenvalue weighted by atomic mass is 16.4. The average molecular weight is 268 g/mol. The molecule has 2 fully saturated rings. The van der Waals surface area contributed by atoms with Crippen LogP contribution in [0.5, 0.6) is 0 Å². The van der Waals surface area contributed by atoms with E-state index in [0.717, 1.165) is 17.8 Å². The lowest BCUT2D eigenvalue weighted by atomic mass is 9.73. The van der Waals surface area contributed by atoms with Crippen molar-refractivity contribution in [1.82, 2.24) is 0 Å². The summed E-state index contributed by atoms with van der Waals surface area (Å²) < 4.78 is 0. The zero-order valence-corrected chi connectivity index (χ0v) is 11.8. The molecular formula is C17H20N2O. The van der Waals surface area contributed by atoms with Gasteiger partial charge in [0.15, 0.2) is 0 Å². The third-order valence-electron chi connectivity index (χ3n) is 5.47. The van der Waals surface area contributed by atoms with E-state index in [1.807, 2.05) is 0 Å². The van der Waals surface area contributed by atoms with E-state index in [-0.39, 0.29) is 0 Å². The highest BCUT2D eigenvalue weighted by Gasteiger charge is 2.51. The highest BCUT2D eigenvalue weighted by Crippen LogP contribution is 2.54. The molecule has 1 aliphatic heterocycles. The summed E-state index contributed by atoms with van der Waals surface area (Å²) in [7, 11) is 0. The molecule has 1 aromatic carbocycles. The smallest absolute Gasteiger partial charge is 0.0668 e. The molecule has 4 rings (SSSR count). The highest BCUT2D eigenvalue weighted by molar-refractivity contribution is 6.04. The number of aliphatic imine (C=N–C) groups is 1. The predicted octanol–water partition coefficient (Wildman–Crippen LogP) is 4.14. The third-order valence-corrected chi connectivity index (χ3v) is 5.47. The van der Waals surface area contributed by atoms with Crippen molar-refractivity contribution in [2.75, 3.05) is 0 Å². The first-order chi connectivity index (χ1) is 9.83. The van der Waals surface area contributed by atoms with Gasteiger partial charge in [-0.1, -0.05) is 30.3 Å². The lowest BCUT2D eigenvalue weighted by Crippen LogP contribution is -2.31. The third kappa shape index (κ3) is 1.52. The summed E-state index contributed by atoms with van der Waals surface area (Å²) in [5, 5.41) is 13.2. The van der Waals surface area contributed by atoms with E-state index in [9.17, 15) is 5.21 Å². The summed E-state index contributed by atoms with van der Waals surface area (Å²) in [4.78, 5) is 4.83. The Morgan fingerprint density at radius 2 is 2.15 bits per heavy atom. The summed E-state index contributed by atoms with van der Waals surface area (Å²) in [6.07, 6.45) is 4.67. The van der Waals surface area contributed by atoms with Crippen molar-refractivity contribution < 1.29 is 5.21 Å². The van der Waals surface area contributed by atoms with Gasteiger partial charge < -0.3 is 5.21 Å². The molecule has 3 aliphatic rings. The van der Waals surface area contributed by atoms with Gasteiger partial charge in [-0.15, -0.1) is 0 Å². The molecule has 0 amide bonds. The maximum atomic E-state index is 9.47. The Balaban J connectivity index is 1.80. The molecule has 0 aromatic heterocycles. The monoisotopic (exact) mass is 268 g/mol. The molecule has 2 bridgehead atoms. The number of fused-ring (bicyclic) bond motifs is 3. The van der Waals surface area contributed by atoms with Crippen molar-refractivity contribution in [3.05, 3.63) is 29.8 Å². The van der Waals surface area contributed by atoms with Crippen molar-refractivity contribution in [2.24, 2.45) is 27.9 Å². The van der Waals surface area contributed by atoms with E-state index in [1.54, 1.807) is 0 Å². The molecule has 3 heteroatoms. The van der Waals surface area contributed by atoms with E-state index >= 15 is 0 Å². The van der Waals surface area contributed by atoms with Crippen LogP contribution in [-0.2, 0) is 0 Å². The minimum Gasteiger partial charge on any atom is -0.411 e. The summed E-state index contributed by atoms with van der Waals surface area (Å²) >= 11 is 0. The zero-order valence-electron chi connectivity index (χ0n) is 11.8. The minimum absolute atomic E-state index is 0.345. The van der Waals surface area contributed by atoms with Crippen LogP contribution in [0.25, 0.3) is 0 Å². The van der Waals surface area contributed by atoms with Gasteiger partial charge in [-0.05, 0) is 43.2 Å². The van der Waals surface area contributed by atoms with Crippen LogP contribution in [0.15, 0.2) is 34.4 Å². The lowest BCUT2D eigenvalue weighted by molar-refractivity contribution is 0.306. The van der Waals surface area contributed by atoms with E-state index < -0.39 is 0 Å². The Bertz CT molecular complexity index is 605. The molecule has 1 N–H and O–H groups in total. The number of hydrogen-bond donors (Lipinski definition) is 1. The summed E-state index contributed by atoms with van der Waals surface area (Å²) in [6, 6.07) is 8.46. The van der Waals surface area contributed by atoms with Crippen molar-refractivity contribution >= 4 is 17.1 Å². The van der Waals surface area contributed by atoms with Crippen LogP contribution in [-0.4, -0.2) is 16.6 Å². The largest absolute Gasteiger partial charge is 0.411 e. The van der Waals surface area contributed by atoms with Gasteiger partial charge in [-0.2, -0.15) is 0 Å². The van der Waals surface area contributed by atoms with Gasteiger partial charge in [0, 0.05) is 23.5 Å². The maximum absolute atomic E-state index is 9.47. The molecule has 4 unspecified atom stereocenters. The van der Waals surface area contributed by atoms with Crippen LogP contribution in [0, 0.1) is 17.8 Å². The van der Waals surface area contributed by atoms with Crippen LogP contribution in [0.2, 0.25) is 0 Å². The SMILES string of the molecule is CCC1=Nc2ccccc2C1C1C(=NO)C2CCC1C2. The van der Waals surface area contributed by atoms with E-state index in [2.05, 4.69) is 36.3 Å². The van der Waals surface area contributed by atoms with Gasteiger partial charge in [-0.3, -0.25) is 4.99 Å². The first-order valence-electron chi connectivity index (χ1n) is 7.71. The first kappa shape index (κ1) is 12.1. The van der Waals surface area contributed by atoms with Crippen LogP contribution in [0.3, 0.4) is 0 Å². The normalized spacial score (nSPS) is 36.5. The van der Waals surface area contributed by atoms with Crippen LogP contribution >= 0.6 is 0 Å². The Kier molecular flexibility index (Phi) is 2.69. The standard InChI is InChI=1S/C17H20N2O/c1-2-13-16(12-5-3-4-6-14(12)18-13)15-10-7-8-11(9-10)17(15)19-20/h3-6,10-11,15-16,20H,2,7-9H2,1H3. The molecule has 3 nitrogen and oxygen atoms in total. The fourth-order valence-corrected chi connectivity index (χ4v) is 4.67. The van der Waals surface area contributed by atoms with Gasteiger partial charge in [0.1, 0.15) is 0 Å². The molecule has 1 heterocycles. The van der Waals surface area contributed by atoms with E-state index in [0.29, 0.717) is 23.7 Å². The predicted molar refractivity (Wildman–Crippen MR) is 80.1 cm³/mol. The second-order valence-corrected chi connectivity index (χ2v) is 6.31. The molecule has 20 heavy (non-hydrogen) atoms. The van der Waals surface area contributed by atoms with Crippen molar-refractivity contribution in [2.45, 2.75) is 38.5 Å². The Morgan fingerprint density at radius 3 is 2.95 bits per heavy atom. The van der Waals surface area contributed by atoms with E-state index in [1.165, 1.54) is 30.5 Å². The summed E-state index contributed by atoms with van der Waals surface area (Å²) in [5.41, 5.74) is 4.77. The van der Waals surface area contributed by atoms with Gasteiger partial charge >= 0.3 is 0 Å². The van der Waals surface area contributed by atoms with Crippen LogP contribution < -0.4 is 0 Å². The Morgan fingerprint density at radius 1 is 1.30 bits per heavy atom. The molecule has 1 aromatic rings. The molecule has 4 atom stereocenters. The summed E-state index contributed by atoms with van der Waals surface area (Å²) in [5.74, 6) is 1.91. The molecule has 2 saturated carbocycles. The molecule has 0 saturated heterocycles. The molecular weight excluding hydrogens is 248 g/mol. The van der Waals surface area contributed by atoms with Gasteiger partial charge in [0.2, 0.25) is 0 Å². The Hall–Kier alpha value is -1.64. The van der Waals surface area contributed by atoms with Crippen molar-refractivity contribution in [3.8, 4) is 0 Å². The second kappa shape index (κ2) is 4.44. The number of benzene rings is 1. The maximum Gasteiger partial charge on any atom is 0.0668 e. The fraction of sp³-hybridized carbons (Fsp3) is 0.529. The van der Waals surface area contributed by atoms with Crippen molar-refractivity contribution in [3.63, 3.8) is 0 Å². The van der Waals surface area contributed by atoms with Gasteiger partial charge in [0.25, 0.3) is 0 Å². The fourth-order valence-electron chi connectivity index (χ4n) is 4.67. The van der Waals surface area contributed by atoms with Crippen LogP contribution in [0.1, 0.15) is 44.1 Å². The van der Waals surface area contributed by atoms with Gasteiger partial charge in [0.05, 0.1) is 11.4 Å². The van der Waals surface area contributed by atoms with Gasteiger partial charge in [-0.25, -0.2) is 0 Å². The minimum atomic E-state index is 0.345. The number of para-hydroxylation sites is 1. The number of oxime groups is 1. The molecule has 104 valence electrons. The molecule has 0 spiro atoms. The lowest BCUT2D eigenvalue weighted by Gasteiger charge is -2.29. The number of hydrogen-bond acceptors (Lipinski definition) is 3. The van der Waals surface area contributed by atoms with E-state index in [4.69, 9.17) is 4.99 Å². The average Bonchev–Trinajstić information content (AvgIpc) is 3.17. The van der Waals surface area contributed by atoms with Crippen LogP contribution in [0.4, 0.5) is 5.69 Å². The second-order valence-electron chi connectivity index (χ2n) is 6.31. The quantitative estimate of drug-likeness (QED) is 0.635. The molecule has 2 aliphatic carbocycles. The topological polar surface area (TPSA) is 45.0 Å². The number of nitrogens with zero attached hydrogens (tertiary/aromatic N) is 2. The summed E-state index contributed by atoms with van der Waals surface area (Å²) in [6.45, 7) is 2.18. The molecule has 0 radical (unpaired) electrons. The first-order valence-corrected chi connectivity index (χ1v) is 7.71. The van der Waals surface area contributed by atoms with Crippen molar-refractivity contribution in [1.29, 1.82) is 0 Å². The zero-order chi connectivity index (χ0) is 13.7.